The summed E-state index contributed by atoms with van der Waals surface area (Å²) in [4.78, 5) is 8.70. The first-order valence-electron chi connectivity index (χ1n) is 8.56. The van der Waals surface area contributed by atoms with Gasteiger partial charge in [-0.25, -0.2) is 9.98 Å². The van der Waals surface area contributed by atoms with E-state index in [-0.39, 0.29) is 0 Å². The number of nitrogens with zero attached hydrogens (tertiary/aromatic N) is 2. The third-order valence-corrected chi connectivity index (χ3v) is 4.19. The van der Waals surface area contributed by atoms with Crippen LogP contribution in [0.4, 0.5) is 5.69 Å². The summed E-state index contributed by atoms with van der Waals surface area (Å²) in [6.45, 7) is 0.449. The van der Waals surface area contributed by atoms with Gasteiger partial charge in [0.05, 0.1) is 19.3 Å². The third-order valence-electron chi connectivity index (χ3n) is 4.19. The van der Waals surface area contributed by atoms with Crippen molar-refractivity contribution in [2.75, 3.05) is 12.4 Å². The molecule has 3 rings (SSSR count). The lowest BCUT2D eigenvalue weighted by atomic mass is 10.3. The molecule has 132 valence electrons. The van der Waals surface area contributed by atoms with Crippen molar-refractivity contribution in [2.45, 2.75) is 38.3 Å². The summed E-state index contributed by atoms with van der Waals surface area (Å²) in [5.41, 5.74) is 7.71. The zero-order valence-electron chi connectivity index (χ0n) is 14.4. The summed E-state index contributed by atoms with van der Waals surface area (Å²) in [7, 11) is 1.62. The van der Waals surface area contributed by atoms with Gasteiger partial charge in [-0.05, 0) is 43.4 Å². The average Bonchev–Trinajstić information content (AvgIpc) is 3.15. The first-order chi connectivity index (χ1) is 12.2. The number of hydrogen-bond acceptors (Lipinski definition) is 4. The Bertz CT molecular complexity index is 710. The number of guanidine groups is 1. The fourth-order valence-electron chi connectivity index (χ4n) is 2.85. The van der Waals surface area contributed by atoms with Crippen molar-refractivity contribution in [2.24, 2.45) is 10.7 Å². The highest BCUT2D eigenvalue weighted by molar-refractivity contribution is 5.93. The van der Waals surface area contributed by atoms with E-state index in [1.165, 1.54) is 12.8 Å². The molecule has 1 aromatic heterocycles. The summed E-state index contributed by atoms with van der Waals surface area (Å²) in [6.07, 6.45) is 6.84. The minimum Gasteiger partial charge on any atom is -0.495 e. The summed E-state index contributed by atoms with van der Waals surface area (Å²) in [5.74, 6) is 1.73. The molecular formula is C19H24N4O2. The van der Waals surface area contributed by atoms with E-state index in [2.05, 4.69) is 15.3 Å². The number of anilines is 1. The van der Waals surface area contributed by atoms with Gasteiger partial charge in [-0.2, -0.15) is 0 Å². The van der Waals surface area contributed by atoms with E-state index >= 15 is 0 Å². The molecule has 1 fully saturated rings. The van der Waals surface area contributed by atoms with Crippen molar-refractivity contribution >= 4 is 11.6 Å². The molecule has 25 heavy (non-hydrogen) atoms. The molecule has 0 unspecified atom stereocenters. The summed E-state index contributed by atoms with van der Waals surface area (Å²) in [6, 6.07) is 11.4. The molecule has 1 saturated carbocycles. The minimum atomic E-state index is 0.317. The molecule has 1 aliphatic rings. The van der Waals surface area contributed by atoms with Crippen LogP contribution in [0.3, 0.4) is 0 Å². The van der Waals surface area contributed by atoms with Crippen LogP contribution in [-0.4, -0.2) is 24.2 Å². The van der Waals surface area contributed by atoms with Gasteiger partial charge in [0.2, 0.25) is 5.88 Å². The van der Waals surface area contributed by atoms with Crippen LogP contribution >= 0.6 is 0 Å². The quantitative estimate of drug-likeness (QED) is 0.622. The Kier molecular flexibility index (Phi) is 5.72. The van der Waals surface area contributed by atoms with Crippen molar-refractivity contribution in [3.05, 3.63) is 48.2 Å². The SMILES string of the molecule is COc1ccccc1NC(N)=NCc1ccc(OC2CCCC2)nc1. The Morgan fingerprint density at radius 2 is 2.04 bits per heavy atom. The standard InChI is InChI=1S/C19H24N4O2/c1-24-17-9-5-4-8-16(17)23-19(20)22-13-14-10-11-18(21-12-14)25-15-6-2-3-7-15/h4-5,8-12,15H,2-3,6-7,13H2,1H3,(H3,20,22,23). The van der Waals surface area contributed by atoms with Crippen LogP contribution in [0.2, 0.25) is 0 Å². The third kappa shape index (κ3) is 4.86. The number of ether oxygens (including phenoxy) is 2. The van der Waals surface area contributed by atoms with Gasteiger partial charge in [-0.3, -0.25) is 0 Å². The number of nitrogens with two attached hydrogens (primary N) is 1. The lowest BCUT2D eigenvalue weighted by Gasteiger charge is -2.12. The number of methoxy groups -OCH3 is 1. The number of aliphatic imine (C=N–C) groups is 1. The molecule has 6 heteroatoms. The van der Waals surface area contributed by atoms with Gasteiger partial charge >= 0.3 is 0 Å². The second kappa shape index (κ2) is 8.37. The number of hydrogen-bond donors (Lipinski definition) is 2. The second-order valence-corrected chi connectivity index (χ2v) is 6.06. The smallest absolute Gasteiger partial charge is 0.213 e. The van der Waals surface area contributed by atoms with E-state index in [0.717, 1.165) is 29.8 Å². The molecule has 0 aliphatic heterocycles. The molecule has 1 aliphatic carbocycles. The predicted molar refractivity (Wildman–Crippen MR) is 99.1 cm³/mol. The first kappa shape index (κ1) is 17.1. The van der Waals surface area contributed by atoms with E-state index in [9.17, 15) is 0 Å². The number of aromatic nitrogens is 1. The molecule has 0 radical (unpaired) electrons. The monoisotopic (exact) mass is 340 g/mol. The first-order valence-corrected chi connectivity index (χ1v) is 8.56. The van der Waals surface area contributed by atoms with Gasteiger partial charge in [0.15, 0.2) is 5.96 Å². The van der Waals surface area contributed by atoms with Crippen LogP contribution in [0.25, 0.3) is 0 Å². The molecule has 0 spiro atoms. The van der Waals surface area contributed by atoms with E-state index in [1.54, 1.807) is 13.3 Å². The Balaban J connectivity index is 1.55. The molecule has 0 bridgehead atoms. The van der Waals surface area contributed by atoms with Gasteiger partial charge in [0, 0.05) is 12.3 Å². The highest BCUT2D eigenvalue weighted by atomic mass is 16.5. The fraction of sp³-hybridized carbons (Fsp3) is 0.368. The number of pyridine rings is 1. The molecule has 2 aromatic rings. The van der Waals surface area contributed by atoms with Crippen molar-refractivity contribution in [3.8, 4) is 11.6 Å². The maximum atomic E-state index is 5.95. The van der Waals surface area contributed by atoms with Crippen LogP contribution in [0.1, 0.15) is 31.2 Å². The Hall–Kier alpha value is -2.76. The van der Waals surface area contributed by atoms with Crippen molar-refractivity contribution < 1.29 is 9.47 Å². The highest BCUT2D eigenvalue weighted by Gasteiger charge is 2.16. The van der Waals surface area contributed by atoms with Gasteiger partial charge in [0.1, 0.15) is 11.9 Å². The summed E-state index contributed by atoms with van der Waals surface area (Å²) < 4.78 is 11.1. The maximum absolute atomic E-state index is 5.95. The zero-order valence-corrected chi connectivity index (χ0v) is 14.4. The van der Waals surface area contributed by atoms with Crippen LogP contribution in [0, 0.1) is 0 Å². The van der Waals surface area contributed by atoms with Gasteiger partial charge < -0.3 is 20.5 Å². The van der Waals surface area contributed by atoms with E-state index in [4.69, 9.17) is 15.2 Å². The number of nitrogens with one attached hydrogen (secondary N) is 1. The van der Waals surface area contributed by atoms with Gasteiger partial charge in [-0.15, -0.1) is 0 Å². The van der Waals surface area contributed by atoms with Gasteiger partial charge in [0.25, 0.3) is 0 Å². The molecule has 0 saturated heterocycles. The molecule has 1 aromatic carbocycles. The highest BCUT2D eigenvalue weighted by Crippen LogP contribution is 2.23. The maximum Gasteiger partial charge on any atom is 0.213 e. The number of benzene rings is 1. The molecular weight excluding hydrogens is 316 g/mol. The molecule has 0 amide bonds. The van der Waals surface area contributed by atoms with E-state index < -0.39 is 0 Å². The van der Waals surface area contributed by atoms with E-state index in [1.807, 2.05) is 36.4 Å². The summed E-state index contributed by atoms with van der Waals surface area (Å²) >= 11 is 0. The Labute approximate surface area is 148 Å². The van der Waals surface area contributed by atoms with Gasteiger partial charge in [-0.1, -0.05) is 18.2 Å². The number of rotatable bonds is 6. The topological polar surface area (TPSA) is 81.8 Å². The fourth-order valence-corrected chi connectivity index (χ4v) is 2.85. The average molecular weight is 340 g/mol. The molecule has 3 N–H and O–H groups in total. The normalized spacial score (nSPS) is 15.2. The Morgan fingerprint density at radius 3 is 2.76 bits per heavy atom. The van der Waals surface area contributed by atoms with Crippen molar-refractivity contribution in [1.82, 2.24) is 4.98 Å². The predicted octanol–water partition coefficient (Wildman–Crippen LogP) is 3.34. The van der Waals surface area contributed by atoms with Crippen LogP contribution in [0.15, 0.2) is 47.6 Å². The lowest BCUT2D eigenvalue weighted by molar-refractivity contribution is 0.201. The largest absolute Gasteiger partial charge is 0.495 e. The molecule has 0 atom stereocenters. The Morgan fingerprint density at radius 1 is 1.24 bits per heavy atom. The summed E-state index contributed by atoms with van der Waals surface area (Å²) in [5, 5.41) is 3.05. The van der Waals surface area contributed by atoms with Crippen LogP contribution in [-0.2, 0) is 6.54 Å². The molecule has 6 nitrogen and oxygen atoms in total. The second-order valence-electron chi connectivity index (χ2n) is 6.06. The van der Waals surface area contributed by atoms with E-state index in [0.29, 0.717) is 24.5 Å². The molecule has 1 heterocycles. The van der Waals surface area contributed by atoms with Crippen molar-refractivity contribution in [3.63, 3.8) is 0 Å². The lowest BCUT2D eigenvalue weighted by Crippen LogP contribution is -2.22. The minimum absolute atomic E-state index is 0.317. The van der Waals surface area contributed by atoms with Crippen molar-refractivity contribution in [1.29, 1.82) is 0 Å². The zero-order chi connectivity index (χ0) is 17.5. The van der Waals surface area contributed by atoms with Crippen LogP contribution < -0.4 is 20.5 Å². The number of para-hydroxylation sites is 2. The van der Waals surface area contributed by atoms with Crippen LogP contribution in [0.5, 0.6) is 11.6 Å².